The Bertz CT molecular complexity index is 706. The van der Waals surface area contributed by atoms with Gasteiger partial charge in [-0.15, -0.1) is 0 Å². The minimum absolute atomic E-state index is 0.00885. The maximum Gasteiger partial charge on any atom is 0.269 e. The molecule has 0 bridgehead atoms. The van der Waals surface area contributed by atoms with Crippen LogP contribution < -0.4 is 5.56 Å². The number of morpholine rings is 1. The SMILES string of the molecule is Cc1cc(-c2ccccc2)nn(C(C)CN2CCOCC2)c1=O. The van der Waals surface area contributed by atoms with Crippen LogP contribution in [0.25, 0.3) is 11.3 Å². The largest absolute Gasteiger partial charge is 0.379 e. The van der Waals surface area contributed by atoms with Gasteiger partial charge in [-0.1, -0.05) is 30.3 Å². The first-order valence-electron chi connectivity index (χ1n) is 8.11. The van der Waals surface area contributed by atoms with Crippen LogP contribution in [0.2, 0.25) is 0 Å². The summed E-state index contributed by atoms with van der Waals surface area (Å²) in [4.78, 5) is 14.8. The standard InChI is InChI=1S/C18H23N3O2/c1-14-12-17(16-6-4-3-5-7-16)19-21(18(14)22)15(2)13-20-8-10-23-11-9-20/h3-7,12,15H,8-11,13H2,1-2H3. The number of aryl methyl sites for hydroxylation is 1. The number of nitrogens with zero attached hydrogens (tertiary/aromatic N) is 3. The van der Waals surface area contributed by atoms with Crippen LogP contribution in [0.15, 0.2) is 41.2 Å². The van der Waals surface area contributed by atoms with Crippen LogP contribution in [0.5, 0.6) is 0 Å². The van der Waals surface area contributed by atoms with Crippen molar-refractivity contribution < 1.29 is 4.74 Å². The fourth-order valence-electron chi connectivity index (χ4n) is 2.92. The molecule has 1 saturated heterocycles. The van der Waals surface area contributed by atoms with Crippen molar-refractivity contribution in [1.29, 1.82) is 0 Å². The smallest absolute Gasteiger partial charge is 0.269 e. The van der Waals surface area contributed by atoms with Crippen molar-refractivity contribution in [1.82, 2.24) is 14.7 Å². The van der Waals surface area contributed by atoms with Crippen LogP contribution >= 0.6 is 0 Å². The molecule has 1 aliphatic rings. The molecule has 1 aromatic heterocycles. The van der Waals surface area contributed by atoms with Gasteiger partial charge in [0.25, 0.3) is 5.56 Å². The number of aromatic nitrogens is 2. The van der Waals surface area contributed by atoms with Gasteiger partial charge in [-0.2, -0.15) is 5.10 Å². The van der Waals surface area contributed by atoms with Crippen LogP contribution in [-0.4, -0.2) is 47.5 Å². The normalized spacial score (nSPS) is 17.1. The van der Waals surface area contributed by atoms with Crippen LogP contribution in [0.3, 0.4) is 0 Å². The predicted octanol–water partition coefficient (Wildman–Crippen LogP) is 2.11. The first-order chi connectivity index (χ1) is 11.1. The lowest BCUT2D eigenvalue weighted by Gasteiger charge is -2.29. The van der Waals surface area contributed by atoms with Gasteiger partial charge in [-0.3, -0.25) is 9.69 Å². The highest BCUT2D eigenvalue weighted by Gasteiger charge is 2.17. The summed E-state index contributed by atoms with van der Waals surface area (Å²) in [5.41, 5.74) is 2.59. The van der Waals surface area contributed by atoms with Crippen LogP contribution in [-0.2, 0) is 4.74 Å². The average molecular weight is 313 g/mol. The predicted molar refractivity (Wildman–Crippen MR) is 90.6 cm³/mol. The lowest BCUT2D eigenvalue weighted by molar-refractivity contribution is 0.0316. The van der Waals surface area contributed by atoms with E-state index in [2.05, 4.69) is 16.9 Å². The molecule has 0 aliphatic carbocycles. The quantitative estimate of drug-likeness (QED) is 0.867. The summed E-state index contributed by atoms with van der Waals surface area (Å²) in [5, 5.41) is 4.62. The van der Waals surface area contributed by atoms with Gasteiger partial charge in [0.15, 0.2) is 0 Å². The van der Waals surface area contributed by atoms with Gasteiger partial charge in [-0.05, 0) is 19.9 Å². The first kappa shape index (κ1) is 15.9. The van der Waals surface area contributed by atoms with Gasteiger partial charge in [0.05, 0.1) is 24.9 Å². The van der Waals surface area contributed by atoms with Crippen LogP contribution in [0.1, 0.15) is 18.5 Å². The average Bonchev–Trinajstić information content (AvgIpc) is 2.58. The molecule has 0 amide bonds. The molecule has 2 aromatic rings. The fourth-order valence-corrected chi connectivity index (χ4v) is 2.92. The highest BCUT2D eigenvalue weighted by molar-refractivity contribution is 5.58. The zero-order chi connectivity index (χ0) is 16.2. The Balaban J connectivity index is 1.88. The molecule has 2 heterocycles. The number of benzene rings is 1. The van der Waals surface area contributed by atoms with Gasteiger partial charge in [0.1, 0.15) is 0 Å². The molecule has 1 fully saturated rings. The Morgan fingerprint density at radius 1 is 1.22 bits per heavy atom. The lowest BCUT2D eigenvalue weighted by Crippen LogP contribution is -2.41. The van der Waals surface area contributed by atoms with Gasteiger partial charge < -0.3 is 4.74 Å². The first-order valence-corrected chi connectivity index (χ1v) is 8.11. The minimum Gasteiger partial charge on any atom is -0.379 e. The second-order valence-electron chi connectivity index (χ2n) is 6.09. The zero-order valence-electron chi connectivity index (χ0n) is 13.7. The van der Waals surface area contributed by atoms with E-state index in [1.807, 2.05) is 43.3 Å². The van der Waals surface area contributed by atoms with Crippen molar-refractivity contribution in [3.63, 3.8) is 0 Å². The third-order valence-electron chi connectivity index (χ3n) is 4.23. The van der Waals surface area contributed by atoms with Gasteiger partial charge >= 0.3 is 0 Å². The number of hydrogen-bond acceptors (Lipinski definition) is 4. The Kier molecular flexibility index (Phi) is 4.88. The third-order valence-corrected chi connectivity index (χ3v) is 4.23. The van der Waals surface area contributed by atoms with Gasteiger partial charge in [-0.25, -0.2) is 4.68 Å². The van der Waals surface area contributed by atoms with E-state index in [0.717, 1.165) is 49.7 Å². The van der Waals surface area contributed by atoms with Gasteiger partial charge in [0.2, 0.25) is 0 Å². The monoisotopic (exact) mass is 313 g/mol. The molecule has 0 radical (unpaired) electrons. The Labute approximate surface area is 136 Å². The molecule has 1 aromatic carbocycles. The van der Waals surface area contributed by atoms with Gasteiger partial charge in [0, 0.05) is 30.8 Å². The molecular weight excluding hydrogens is 290 g/mol. The molecule has 5 heteroatoms. The van der Waals surface area contributed by atoms with Crippen molar-refractivity contribution in [3.8, 4) is 11.3 Å². The second kappa shape index (κ2) is 7.06. The van der Waals surface area contributed by atoms with Crippen molar-refractivity contribution in [3.05, 3.63) is 52.3 Å². The van der Waals surface area contributed by atoms with E-state index in [0.29, 0.717) is 0 Å². The van der Waals surface area contributed by atoms with Crippen molar-refractivity contribution in [2.24, 2.45) is 0 Å². The molecule has 0 N–H and O–H groups in total. The summed E-state index contributed by atoms with van der Waals surface area (Å²) < 4.78 is 7.01. The molecule has 1 unspecified atom stereocenters. The van der Waals surface area contributed by atoms with Crippen molar-refractivity contribution in [2.75, 3.05) is 32.8 Å². The van der Waals surface area contributed by atoms with E-state index in [-0.39, 0.29) is 11.6 Å². The van der Waals surface area contributed by atoms with Crippen molar-refractivity contribution >= 4 is 0 Å². The molecule has 122 valence electrons. The molecule has 3 rings (SSSR count). The molecule has 1 atom stereocenters. The Morgan fingerprint density at radius 2 is 1.91 bits per heavy atom. The molecule has 23 heavy (non-hydrogen) atoms. The summed E-state index contributed by atoms with van der Waals surface area (Å²) in [6.45, 7) is 8.07. The fraction of sp³-hybridized carbons (Fsp3) is 0.444. The van der Waals surface area contributed by atoms with E-state index in [9.17, 15) is 4.79 Å². The molecule has 5 nitrogen and oxygen atoms in total. The Hall–Kier alpha value is -1.98. The second-order valence-corrected chi connectivity index (χ2v) is 6.09. The van der Waals surface area contributed by atoms with E-state index in [4.69, 9.17) is 4.74 Å². The van der Waals surface area contributed by atoms with Crippen LogP contribution in [0, 0.1) is 6.92 Å². The number of ether oxygens (including phenoxy) is 1. The lowest BCUT2D eigenvalue weighted by atomic mass is 10.1. The summed E-state index contributed by atoms with van der Waals surface area (Å²) >= 11 is 0. The third kappa shape index (κ3) is 3.68. The zero-order valence-corrected chi connectivity index (χ0v) is 13.7. The number of rotatable bonds is 4. The van der Waals surface area contributed by atoms with Crippen molar-refractivity contribution in [2.45, 2.75) is 19.9 Å². The van der Waals surface area contributed by atoms with E-state index in [1.54, 1.807) is 4.68 Å². The molecule has 0 saturated carbocycles. The van der Waals surface area contributed by atoms with E-state index < -0.39 is 0 Å². The molecular formula is C18H23N3O2. The molecule has 0 spiro atoms. The minimum atomic E-state index is -0.00885. The number of hydrogen-bond donors (Lipinski definition) is 0. The topological polar surface area (TPSA) is 47.4 Å². The Morgan fingerprint density at radius 3 is 2.61 bits per heavy atom. The maximum atomic E-state index is 12.5. The summed E-state index contributed by atoms with van der Waals surface area (Å²) in [5.74, 6) is 0. The molecule has 1 aliphatic heterocycles. The summed E-state index contributed by atoms with van der Waals surface area (Å²) in [6, 6.07) is 11.9. The van der Waals surface area contributed by atoms with E-state index in [1.165, 1.54) is 0 Å². The highest BCUT2D eigenvalue weighted by Crippen LogP contribution is 2.17. The maximum absolute atomic E-state index is 12.5. The van der Waals surface area contributed by atoms with E-state index >= 15 is 0 Å². The summed E-state index contributed by atoms with van der Waals surface area (Å²) in [7, 11) is 0. The van der Waals surface area contributed by atoms with Crippen LogP contribution in [0.4, 0.5) is 0 Å². The highest BCUT2D eigenvalue weighted by atomic mass is 16.5. The summed E-state index contributed by atoms with van der Waals surface area (Å²) in [6.07, 6.45) is 0.